The average molecular weight is 436 g/mol. The molecular formula is C20H25N3O6S. The number of imide groups is 1. The first kappa shape index (κ1) is 23.1. The van der Waals surface area contributed by atoms with Gasteiger partial charge in [0.05, 0.1) is 26.3 Å². The lowest BCUT2D eigenvalue weighted by Crippen LogP contribution is -2.49. The number of carbonyl (C=O) groups excluding carboxylic acids is 3. The molecule has 0 saturated carbocycles. The van der Waals surface area contributed by atoms with E-state index < -0.39 is 30.1 Å². The summed E-state index contributed by atoms with van der Waals surface area (Å²) in [6.45, 7) is 4.78. The second kappa shape index (κ2) is 10.1. The van der Waals surface area contributed by atoms with Crippen LogP contribution in [-0.2, 0) is 20.7 Å². The maximum absolute atomic E-state index is 12.0. The summed E-state index contributed by atoms with van der Waals surface area (Å²) < 4.78 is 15.4. The van der Waals surface area contributed by atoms with Crippen LogP contribution in [0.3, 0.4) is 0 Å². The zero-order chi connectivity index (χ0) is 22.3. The van der Waals surface area contributed by atoms with Gasteiger partial charge in [-0.2, -0.15) is 0 Å². The van der Waals surface area contributed by atoms with Crippen molar-refractivity contribution in [1.82, 2.24) is 15.6 Å². The number of carbonyl (C=O) groups is 3. The molecule has 9 nitrogen and oxygen atoms in total. The van der Waals surface area contributed by atoms with Crippen molar-refractivity contribution in [3.8, 4) is 22.1 Å². The molecule has 162 valence electrons. The molecule has 0 saturated heterocycles. The standard InChI is InChI=1S/C20H25N3O6S/c1-20(2,3)23-19(26)22-16(24)10-29-17(25)9-13-11-30-18(21-13)12-6-7-14(27-4)15(8-12)28-5/h6-8,11H,9-10H2,1-5H3,(H2,22,23,24,26). The van der Waals surface area contributed by atoms with Crippen LogP contribution >= 0.6 is 11.3 Å². The van der Waals surface area contributed by atoms with Gasteiger partial charge in [0.1, 0.15) is 5.01 Å². The van der Waals surface area contributed by atoms with Crippen molar-refractivity contribution in [2.45, 2.75) is 32.7 Å². The Morgan fingerprint density at radius 1 is 1.10 bits per heavy atom. The molecule has 2 rings (SSSR count). The summed E-state index contributed by atoms with van der Waals surface area (Å²) >= 11 is 1.37. The molecule has 10 heteroatoms. The summed E-state index contributed by atoms with van der Waals surface area (Å²) in [5.41, 5.74) is 0.847. The zero-order valence-electron chi connectivity index (χ0n) is 17.5. The first-order chi connectivity index (χ1) is 14.1. The third-order valence-electron chi connectivity index (χ3n) is 3.61. The predicted molar refractivity (Wildman–Crippen MR) is 112 cm³/mol. The minimum Gasteiger partial charge on any atom is -0.493 e. The molecule has 0 radical (unpaired) electrons. The van der Waals surface area contributed by atoms with Crippen molar-refractivity contribution in [2.24, 2.45) is 0 Å². The molecule has 0 aliphatic carbocycles. The van der Waals surface area contributed by atoms with E-state index in [1.165, 1.54) is 11.3 Å². The molecule has 0 atom stereocenters. The van der Waals surface area contributed by atoms with Crippen LogP contribution in [0.2, 0.25) is 0 Å². The van der Waals surface area contributed by atoms with Crippen molar-refractivity contribution in [1.29, 1.82) is 0 Å². The first-order valence-electron chi connectivity index (χ1n) is 9.05. The van der Waals surface area contributed by atoms with Gasteiger partial charge in [0.15, 0.2) is 18.1 Å². The van der Waals surface area contributed by atoms with E-state index in [0.717, 1.165) is 5.56 Å². The Balaban J connectivity index is 1.88. The fourth-order valence-corrected chi connectivity index (χ4v) is 3.19. The van der Waals surface area contributed by atoms with Gasteiger partial charge in [-0.3, -0.25) is 14.9 Å². The molecule has 2 aromatic rings. The number of thiazole rings is 1. The van der Waals surface area contributed by atoms with E-state index >= 15 is 0 Å². The third-order valence-corrected chi connectivity index (χ3v) is 4.55. The Hall–Kier alpha value is -3.14. The molecule has 3 amide bonds. The number of hydrogen-bond acceptors (Lipinski definition) is 8. The Labute approximate surface area is 178 Å². The van der Waals surface area contributed by atoms with Gasteiger partial charge in [-0.25, -0.2) is 9.78 Å². The molecule has 0 aliphatic heterocycles. The minimum atomic E-state index is -0.714. The minimum absolute atomic E-state index is 0.0920. The number of aromatic nitrogens is 1. The number of hydrogen-bond donors (Lipinski definition) is 2. The molecule has 0 aliphatic rings. The van der Waals surface area contributed by atoms with Crippen LogP contribution in [0.5, 0.6) is 11.5 Å². The quantitative estimate of drug-likeness (QED) is 0.642. The largest absolute Gasteiger partial charge is 0.493 e. The predicted octanol–water partition coefficient (Wildman–Crippen LogP) is 2.54. The summed E-state index contributed by atoms with van der Waals surface area (Å²) in [5.74, 6) is -0.149. The fraction of sp³-hybridized carbons (Fsp3) is 0.400. The Bertz CT molecular complexity index is 920. The van der Waals surface area contributed by atoms with E-state index in [0.29, 0.717) is 22.2 Å². The number of esters is 1. The Morgan fingerprint density at radius 2 is 1.80 bits per heavy atom. The summed E-state index contributed by atoms with van der Waals surface area (Å²) in [6, 6.07) is 4.77. The van der Waals surface area contributed by atoms with Crippen LogP contribution in [0, 0.1) is 0 Å². The first-order valence-corrected chi connectivity index (χ1v) is 9.93. The van der Waals surface area contributed by atoms with Crippen molar-refractivity contribution < 1.29 is 28.6 Å². The van der Waals surface area contributed by atoms with Gasteiger partial charge in [0, 0.05) is 16.5 Å². The van der Waals surface area contributed by atoms with Gasteiger partial charge in [-0.15, -0.1) is 11.3 Å². The Morgan fingerprint density at radius 3 is 2.43 bits per heavy atom. The molecule has 1 aromatic carbocycles. The molecule has 0 fully saturated rings. The monoisotopic (exact) mass is 435 g/mol. The molecule has 0 bridgehead atoms. The lowest BCUT2D eigenvalue weighted by Gasteiger charge is -2.20. The highest BCUT2D eigenvalue weighted by atomic mass is 32.1. The van der Waals surface area contributed by atoms with E-state index in [4.69, 9.17) is 14.2 Å². The number of rotatable bonds is 7. The molecular weight excluding hydrogens is 410 g/mol. The van der Waals surface area contributed by atoms with Crippen molar-refractivity contribution >= 4 is 29.2 Å². The van der Waals surface area contributed by atoms with Gasteiger partial charge >= 0.3 is 12.0 Å². The van der Waals surface area contributed by atoms with Crippen molar-refractivity contribution in [2.75, 3.05) is 20.8 Å². The molecule has 1 aromatic heterocycles. The fourth-order valence-electron chi connectivity index (χ4n) is 2.37. The number of amides is 3. The second-order valence-electron chi connectivity index (χ2n) is 7.30. The summed E-state index contributed by atoms with van der Waals surface area (Å²) in [5, 5.41) is 7.12. The summed E-state index contributed by atoms with van der Waals surface area (Å²) in [7, 11) is 3.11. The van der Waals surface area contributed by atoms with E-state index in [-0.39, 0.29) is 6.42 Å². The van der Waals surface area contributed by atoms with Crippen molar-refractivity contribution in [3.63, 3.8) is 0 Å². The maximum Gasteiger partial charge on any atom is 0.321 e. The van der Waals surface area contributed by atoms with Crippen LogP contribution in [0.1, 0.15) is 26.5 Å². The number of ether oxygens (including phenoxy) is 3. The molecule has 2 N–H and O–H groups in total. The normalized spacial score (nSPS) is 10.8. The van der Waals surface area contributed by atoms with Crippen LogP contribution in [-0.4, -0.2) is 49.3 Å². The van der Waals surface area contributed by atoms with Gasteiger partial charge in [-0.1, -0.05) is 0 Å². The number of urea groups is 1. The average Bonchev–Trinajstić information content (AvgIpc) is 3.12. The second-order valence-corrected chi connectivity index (χ2v) is 8.16. The maximum atomic E-state index is 12.0. The van der Waals surface area contributed by atoms with Crippen LogP contribution in [0.4, 0.5) is 4.79 Å². The lowest BCUT2D eigenvalue weighted by molar-refractivity contribution is -0.147. The highest BCUT2D eigenvalue weighted by Crippen LogP contribution is 2.33. The highest BCUT2D eigenvalue weighted by Gasteiger charge is 2.17. The number of benzene rings is 1. The Kier molecular flexibility index (Phi) is 7.76. The third kappa shape index (κ3) is 7.03. The van der Waals surface area contributed by atoms with E-state index in [1.807, 2.05) is 6.07 Å². The molecule has 0 unspecified atom stereocenters. The van der Waals surface area contributed by atoms with Crippen LogP contribution < -0.4 is 20.1 Å². The topological polar surface area (TPSA) is 116 Å². The zero-order valence-corrected chi connectivity index (χ0v) is 18.3. The SMILES string of the molecule is COc1ccc(-c2nc(CC(=O)OCC(=O)NC(=O)NC(C)(C)C)cs2)cc1OC. The summed E-state index contributed by atoms with van der Waals surface area (Å²) in [4.78, 5) is 39.7. The van der Waals surface area contributed by atoms with Gasteiger partial charge in [0.25, 0.3) is 5.91 Å². The summed E-state index contributed by atoms with van der Waals surface area (Å²) in [6.07, 6.45) is -0.0920. The number of nitrogens with one attached hydrogen (secondary N) is 2. The van der Waals surface area contributed by atoms with Crippen molar-refractivity contribution in [3.05, 3.63) is 29.3 Å². The molecule has 0 spiro atoms. The molecule has 1 heterocycles. The number of nitrogens with zero attached hydrogens (tertiary/aromatic N) is 1. The van der Waals surface area contributed by atoms with E-state index in [2.05, 4.69) is 15.6 Å². The van der Waals surface area contributed by atoms with Gasteiger partial charge in [0.2, 0.25) is 0 Å². The van der Waals surface area contributed by atoms with Crippen LogP contribution in [0.25, 0.3) is 10.6 Å². The van der Waals surface area contributed by atoms with Gasteiger partial charge < -0.3 is 19.5 Å². The smallest absolute Gasteiger partial charge is 0.321 e. The van der Waals surface area contributed by atoms with E-state index in [9.17, 15) is 14.4 Å². The molecule has 30 heavy (non-hydrogen) atoms. The number of methoxy groups -OCH3 is 2. The van der Waals surface area contributed by atoms with Gasteiger partial charge in [-0.05, 0) is 39.0 Å². The lowest BCUT2D eigenvalue weighted by atomic mass is 10.1. The highest BCUT2D eigenvalue weighted by molar-refractivity contribution is 7.13. The van der Waals surface area contributed by atoms with E-state index in [1.54, 1.807) is 52.5 Å². The van der Waals surface area contributed by atoms with Crippen LogP contribution in [0.15, 0.2) is 23.6 Å².